The minimum Gasteiger partial charge on any atom is -0.309 e. The summed E-state index contributed by atoms with van der Waals surface area (Å²) in [5, 5.41) is 8.73. The monoisotopic (exact) mass is 615 g/mol. The van der Waals surface area contributed by atoms with Crippen LogP contribution in [-0.2, 0) is 0 Å². The Morgan fingerprint density at radius 1 is 0.447 bits per heavy atom. The van der Waals surface area contributed by atoms with E-state index in [-0.39, 0.29) is 0 Å². The molecule has 0 fully saturated rings. The molecular formula is C43H25N3S. The van der Waals surface area contributed by atoms with Crippen LogP contribution >= 0.6 is 11.3 Å². The minimum absolute atomic E-state index is 1.06. The second kappa shape index (κ2) is 9.29. The summed E-state index contributed by atoms with van der Waals surface area (Å²) in [6.45, 7) is 0. The highest BCUT2D eigenvalue weighted by Gasteiger charge is 2.26. The molecule has 3 aromatic heterocycles. The van der Waals surface area contributed by atoms with Crippen LogP contribution in [0.5, 0.6) is 0 Å². The number of hydrogen-bond donors (Lipinski definition) is 0. The summed E-state index contributed by atoms with van der Waals surface area (Å²) in [4.78, 5) is 6.47. The van der Waals surface area contributed by atoms with Crippen LogP contribution in [0.3, 0.4) is 0 Å². The van der Waals surface area contributed by atoms with Gasteiger partial charge in [-0.05, 0) is 71.4 Å². The van der Waals surface area contributed by atoms with Crippen molar-refractivity contribution in [2.45, 2.75) is 0 Å². The topological polar surface area (TPSA) is 22.8 Å². The van der Waals surface area contributed by atoms with Crippen molar-refractivity contribution >= 4 is 65.7 Å². The van der Waals surface area contributed by atoms with Crippen LogP contribution in [0.4, 0.5) is 0 Å². The molecule has 0 radical (unpaired) electrons. The highest BCUT2D eigenvalue weighted by atomic mass is 32.1. The smallest absolute Gasteiger partial charge is 0.124 e. The third-order valence-electron chi connectivity index (χ3n) is 9.88. The average molecular weight is 616 g/mol. The van der Waals surface area contributed by atoms with Crippen molar-refractivity contribution in [3.05, 3.63) is 152 Å². The lowest BCUT2D eigenvalue weighted by Gasteiger charge is -2.10. The number of thiazole rings is 1. The van der Waals surface area contributed by atoms with Crippen molar-refractivity contribution in [1.82, 2.24) is 14.1 Å². The van der Waals surface area contributed by atoms with Gasteiger partial charge < -0.3 is 9.13 Å². The Morgan fingerprint density at radius 3 is 1.72 bits per heavy atom. The number of benzene rings is 7. The van der Waals surface area contributed by atoms with Crippen LogP contribution in [0.15, 0.2) is 152 Å². The maximum Gasteiger partial charge on any atom is 0.124 e. The van der Waals surface area contributed by atoms with E-state index in [2.05, 4.69) is 161 Å². The molecule has 0 atom stereocenters. The van der Waals surface area contributed by atoms with E-state index in [1.165, 1.54) is 76.1 Å². The van der Waals surface area contributed by atoms with Gasteiger partial charge in [0.1, 0.15) is 5.01 Å². The molecule has 0 saturated heterocycles. The van der Waals surface area contributed by atoms with Gasteiger partial charge in [0.2, 0.25) is 0 Å². The van der Waals surface area contributed by atoms with Crippen molar-refractivity contribution in [2.75, 3.05) is 0 Å². The van der Waals surface area contributed by atoms with Gasteiger partial charge in [0.05, 0.1) is 32.6 Å². The first-order chi connectivity index (χ1) is 23.3. The highest BCUT2D eigenvalue weighted by Crippen LogP contribution is 2.51. The minimum atomic E-state index is 1.06. The number of rotatable bonds is 3. The summed E-state index contributed by atoms with van der Waals surface area (Å²) in [6, 6.07) is 55.1. The first-order valence-electron chi connectivity index (χ1n) is 16.0. The van der Waals surface area contributed by atoms with Crippen molar-refractivity contribution in [2.24, 2.45) is 0 Å². The Balaban J connectivity index is 1.10. The second-order valence-corrected chi connectivity index (χ2v) is 13.4. The van der Waals surface area contributed by atoms with Crippen molar-refractivity contribution in [3.8, 4) is 43.6 Å². The maximum atomic E-state index is 5.20. The van der Waals surface area contributed by atoms with E-state index in [1.807, 2.05) is 0 Å². The largest absolute Gasteiger partial charge is 0.309 e. The molecule has 7 aromatic carbocycles. The molecule has 10 aromatic rings. The van der Waals surface area contributed by atoms with Crippen LogP contribution in [0.1, 0.15) is 0 Å². The molecule has 0 spiro atoms. The highest BCUT2D eigenvalue weighted by molar-refractivity contribution is 7.19. The fourth-order valence-corrected chi connectivity index (χ4v) is 8.97. The number of fused-ring (bicyclic) bond motifs is 9. The maximum absolute atomic E-state index is 5.20. The summed E-state index contributed by atoms with van der Waals surface area (Å²) >= 11 is 1.80. The first-order valence-corrected chi connectivity index (χ1v) is 16.8. The van der Waals surface area contributed by atoms with Crippen LogP contribution in [0, 0.1) is 0 Å². The molecule has 0 N–H and O–H groups in total. The van der Waals surface area contributed by atoms with Gasteiger partial charge in [-0.25, -0.2) is 4.98 Å². The molecule has 47 heavy (non-hydrogen) atoms. The summed E-state index contributed by atoms with van der Waals surface area (Å²) in [7, 11) is 0. The van der Waals surface area contributed by atoms with Crippen LogP contribution in [0.2, 0.25) is 0 Å². The lowest BCUT2D eigenvalue weighted by Crippen LogP contribution is -1.95. The summed E-state index contributed by atoms with van der Waals surface area (Å²) < 4.78 is 4.81. The summed E-state index contributed by atoms with van der Waals surface area (Å²) in [5.74, 6) is 0. The zero-order valence-corrected chi connectivity index (χ0v) is 26.0. The fraction of sp³-hybridized carbons (Fsp3) is 0. The standard InChI is InChI=1S/C43H25N3S/c1-2-12-28(13-3-1)45-36-18-6-4-14-30(36)34-24-35-31-15-5-7-19-37(31)46(39(35)25-38(34)45)29-22-20-27(21-23-29)43-44-41-32-16-8-10-26-11-9-17-33(40(26)32)42(41)47-43/h1-25H. The molecule has 3 heterocycles. The van der Waals surface area contributed by atoms with Crippen LogP contribution in [-0.4, -0.2) is 14.1 Å². The Morgan fingerprint density at radius 2 is 1.04 bits per heavy atom. The normalized spacial score (nSPS) is 12.3. The molecule has 0 saturated carbocycles. The number of aromatic nitrogens is 3. The zero-order valence-electron chi connectivity index (χ0n) is 25.2. The van der Waals surface area contributed by atoms with Gasteiger partial charge in [-0.3, -0.25) is 0 Å². The molecule has 0 amide bonds. The van der Waals surface area contributed by atoms with Crippen molar-refractivity contribution < 1.29 is 0 Å². The Labute approximate surface area is 274 Å². The third-order valence-corrected chi connectivity index (χ3v) is 11.0. The molecule has 0 bridgehead atoms. The Kier molecular flexibility index (Phi) is 4.99. The first kappa shape index (κ1) is 25.2. The van der Waals surface area contributed by atoms with Gasteiger partial charge in [0, 0.05) is 49.6 Å². The molecular weight excluding hydrogens is 591 g/mol. The van der Waals surface area contributed by atoms with E-state index in [4.69, 9.17) is 4.98 Å². The fourth-order valence-electron chi connectivity index (χ4n) is 7.85. The zero-order chi connectivity index (χ0) is 30.6. The SMILES string of the molecule is c1ccc(-n2c3ccccc3c3cc4c5ccccc5n(-c5ccc(-c6nc7c(s6)-c6cccc8cccc-7c68)cc5)c4cc32)cc1. The molecule has 0 unspecified atom stereocenters. The Hall–Kier alpha value is -5.97. The average Bonchev–Trinajstić information content (AvgIpc) is 3.87. The number of hydrogen-bond acceptors (Lipinski definition) is 2. The van der Waals surface area contributed by atoms with Gasteiger partial charge in [-0.1, -0.05) is 91.0 Å². The molecule has 3 nitrogen and oxygen atoms in total. The van der Waals surface area contributed by atoms with Gasteiger partial charge in [0.25, 0.3) is 0 Å². The molecule has 11 rings (SSSR count). The van der Waals surface area contributed by atoms with Crippen molar-refractivity contribution in [3.63, 3.8) is 0 Å². The van der Waals surface area contributed by atoms with Crippen LogP contribution < -0.4 is 0 Å². The quantitative estimate of drug-likeness (QED) is 0.194. The van der Waals surface area contributed by atoms with E-state index in [0.29, 0.717) is 0 Å². The summed E-state index contributed by atoms with van der Waals surface area (Å²) in [5.41, 5.74) is 11.9. The van der Waals surface area contributed by atoms with Gasteiger partial charge in [-0.2, -0.15) is 0 Å². The lowest BCUT2D eigenvalue weighted by molar-refractivity contribution is 1.16. The van der Waals surface area contributed by atoms with E-state index >= 15 is 0 Å². The molecule has 4 heteroatoms. The van der Waals surface area contributed by atoms with E-state index in [9.17, 15) is 0 Å². The molecule has 1 aliphatic carbocycles. The molecule has 0 aliphatic heterocycles. The number of para-hydroxylation sites is 3. The molecule has 1 aliphatic rings. The third kappa shape index (κ3) is 3.42. The van der Waals surface area contributed by atoms with E-state index in [1.54, 1.807) is 11.3 Å². The second-order valence-electron chi connectivity index (χ2n) is 12.4. The van der Waals surface area contributed by atoms with Gasteiger partial charge in [0.15, 0.2) is 0 Å². The van der Waals surface area contributed by atoms with Gasteiger partial charge >= 0.3 is 0 Å². The van der Waals surface area contributed by atoms with Crippen LogP contribution in [0.25, 0.3) is 98.0 Å². The Bertz CT molecular complexity index is 2830. The van der Waals surface area contributed by atoms with Gasteiger partial charge in [-0.15, -0.1) is 11.3 Å². The predicted molar refractivity (Wildman–Crippen MR) is 198 cm³/mol. The predicted octanol–water partition coefficient (Wildman–Crippen LogP) is 11.8. The van der Waals surface area contributed by atoms with E-state index < -0.39 is 0 Å². The number of nitrogens with zero attached hydrogens (tertiary/aromatic N) is 3. The lowest BCUT2D eigenvalue weighted by atomic mass is 10.0. The summed E-state index contributed by atoms with van der Waals surface area (Å²) in [6.07, 6.45) is 0. The van der Waals surface area contributed by atoms with E-state index in [0.717, 1.165) is 22.0 Å². The molecule has 218 valence electrons. The van der Waals surface area contributed by atoms with Crippen molar-refractivity contribution in [1.29, 1.82) is 0 Å².